The zero-order valence-corrected chi connectivity index (χ0v) is 12.9. The number of hydrogen-bond acceptors (Lipinski definition) is 5. The van der Waals surface area contributed by atoms with Gasteiger partial charge in [0, 0.05) is 18.5 Å². The molecular formula is C16H23N3O2. The van der Waals surface area contributed by atoms with E-state index in [9.17, 15) is 5.11 Å². The molecule has 5 heteroatoms. The van der Waals surface area contributed by atoms with Gasteiger partial charge in [0.05, 0.1) is 13.2 Å². The fraction of sp³-hybridized carbons (Fsp3) is 0.500. The minimum absolute atomic E-state index is 0.108. The van der Waals surface area contributed by atoms with E-state index in [-0.39, 0.29) is 12.0 Å². The van der Waals surface area contributed by atoms with Crippen LogP contribution < -0.4 is 0 Å². The summed E-state index contributed by atoms with van der Waals surface area (Å²) < 4.78 is 5.31. The van der Waals surface area contributed by atoms with E-state index in [1.165, 1.54) is 5.56 Å². The average Bonchev–Trinajstić information content (AvgIpc) is 2.89. The molecule has 1 N–H and O–H groups in total. The lowest BCUT2D eigenvalue weighted by Gasteiger charge is -2.19. The summed E-state index contributed by atoms with van der Waals surface area (Å²) in [7, 11) is 0. The van der Waals surface area contributed by atoms with Gasteiger partial charge < -0.3 is 9.63 Å². The van der Waals surface area contributed by atoms with Crippen molar-refractivity contribution in [1.82, 2.24) is 15.0 Å². The van der Waals surface area contributed by atoms with Gasteiger partial charge >= 0.3 is 0 Å². The lowest BCUT2D eigenvalue weighted by atomic mass is 9.97. The summed E-state index contributed by atoms with van der Waals surface area (Å²) in [6, 6.07) is 10.2. The van der Waals surface area contributed by atoms with Crippen LogP contribution in [0.5, 0.6) is 0 Å². The van der Waals surface area contributed by atoms with Crippen molar-refractivity contribution in [1.29, 1.82) is 0 Å². The molecule has 0 aliphatic carbocycles. The number of hydrogen-bond donors (Lipinski definition) is 1. The lowest BCUT2D eigenvalue weighted by molar-refractivity contribution is 0.179. The van der Waals surface area contributed by atoms with Crippen molar-refractivity contribution in [2.75, 3.05) is 13.2 Å². The molecule has 0 spiro atoms. The van der Waals surface area contributed by atoms with Crippen molar-refractivity contribution in [2.45, 2.75) is 39.3 Å². The highest BCUT2D eigenvalue weighted by atomic mass is 16.5. The first kappa shape index (κ1) is 15.7. The Labute approximate surface area is 125 Å². The number of aromatic nitrogens is 2. The molecule has 1 aromatic carbocycles. The maximum Gasteiger partial charge on any atom is 0.232 e. The Hall–Kier alpha value is -1.72. The minimum Gasteiger partial charge on any atom is -0.395 e. The summed E-state index contributed by atoms with van der Waals surface area (Å²) >= 11 is 0. The maximum atomic E-state index is 9.22. The van der Waals surface area contributed by atoms with Crippen molar-refractivity contribution in [3.63, 3.8) is 0 Å². The Balaban J connectivity index is 2.04. The molecule has 0 unspecified atom stereocenters. The van der Waals surface area contributed by atoms with E-state index in [1.807, 2.05) is 39.0 Å². The average molecular weight is 289 g/mol. The number of nitrogens with zero attached hydrogens (tertiary/aromatic N) is 3. The summed E-state index contributed by atoms with van der Waals surface area (Å²) in [6.07, 6.45) is 0. The predicted octanol–water partition coefficient (Wildman–Crippen LogP) is 2.36. The van der Waals surface area contributed by atoms with Crippen LogP contribution in [-0.2, 0) is 18.5 Å². The van der Waals surface area contributed by atoms with Gasteiger partial charge in [-0.05, 0) is 5.56 Å². The summed E-state index contributed by atoms with van der Waals surface area (Å²) in [5, 5.41) is 13.3. The van der Waals surface area contributed by atoms with E-state index in [2.05, 4.69) is 27.2 Å². The van der Waals surface area contributed by atoms with E-state index in [0.717, 1.165) is 6.54 Å². The van der Waals surface area contributed by atoms with Gasteiger partial charge in [-0.2, -0.15) is 4.98 Å². The van der Waals surface area contributed by atoms with Gasteiger partial charge in [0.2, 0.25) is 5.89 Å². The molecule has 5 nitrogen and oxygen atoms in total. The molecule has 0 amide bonds. The van der Waals surface area contributed by atoms with Gasteiger partial charge in [-0.25, -0.2) is 0 Å². The monoisotopic (exact) mass is 289 g/mol. The van der Waals surface area contributed by atoms with Gasteiger partial charge in [0.25, 0.3) is 0 Å². The number of rotatable bonds is 6. The second-order valence-corrected chi connectivity index (χ2v) is 6.19. The molecule has 0 saturated carbocycles. The van der Waals surface area contributed by atoms with E-state index < -0.39 is 0 Å². The van der Waals surface area contributed by atoms with Crippen molar-refractivity contribution >= 4 is 0 Å². The first-order valence-electron chi connectivity index (χ1n) is 7.19. The molecule has 114 valence electrons. The molecule has 1 heterocycles. The molecule has 2 rings (SSSR count). The van der Waals surface area contributed by atoms with E-state index in [0.29, 0.717) is 24.8 Å². The molecule has 0 aliphatic rings. The molecule has 21 heavy (non-hydrogen) atoms. The van der Waals surface area contributed by atoms with Crippen LogP contribution in [0, 0.1) is 0 Å². The molecule has 1 aromatic heterocycles. The van der Waals surface area contributed by atoms with Gasteiger partial charge in [-0.1, -0.05) is 56.3 Å². The van der Waals surface area contributed by atoms with Crippen LogP contribution >= 0.6 is 0 Å². The van der Waals surface area contributed by atoms with Crippen LogP contribution in [0.25, 0.3) is 0 Å². The standard InChI is InChI=1S/C16H23N3O2/c1-16(2,3)15-17-14(18-21-15)12-19(9-10-20)11-13-7-5-4-6-8-13/h4-8,20H,9-12H2,1-3H3. The first-order valence-corrected chi connectivity index (χ1v) is 7.19. The fourth-order valence-electron chi connectivity index (χ4n) is 2.02. The third kappa shape index (κ3) is 4.65. The van der Waals surface area contributed by atoms with Gasteiger partial charge in [-0.3, -0.25) is 4.90 Å². The Morgan fingerprint density at radius 2 is 1.86 bits per heavy atom. The first-order chi connectivity index (χ1) is 9.99. The second-order valence-electron chi connectivity index (χ2n) is 6.19. The van der Waals surface area contributed by atoms with E-state index in [4.69, 9.17) is 4.52 Å². The van der Waals surface area contributed by atoms with Gasteiger partial charge in [0.1, 0.15) is 0 Å². The third-order valence-corrected chi connectivity index (χ3v) is 3.14. The Morgan fingerprint density at radius 1 is 1.14 bits per heavy atom. The highest BCUT2D eigenvalue weighted by molar-refractivity contribution is 5.14. The normalized spacial score (nSPS) is 12.0. The number of benzene rings is 1. The molecular weight excluding hydrogens is 266 g/mol. The second kappa shape index (κ2) is 6.83. The highest BCUT2D eigenvalue weighted by Gasteiger charge is 2.22. The number of aliphatic hydroxyl groups excluding tert-OH is 1. The van der Waals surface area contributed by atoms with Gasteiger partial charge in [-0.15, -0.1) is 0 Å². The Kier molecular flexibility index (Phi) is 5.09. The minimum atomic E-state index is -0.146. The fourth-order valence-corrected chi connectivity index (χ4v) is 2.02. The summed E-state index contributed by atoms with van der Waals surface area (Å²) in [6.45, 7) is 8.13. The largest absolute Gasteiger partial charge is 0.395 e. The smallest absolute Gasteiger partial charge is 0.232 e. The van der Waals surface area contributed by atoms with E-state index >= 15 is 0 Å². The van der Waals surface area contributed by atoms with Crippen LogP contribution in [0.3, 0.4) is 0 Å². The highest BCUT2D eigenvalue weighted by Crippen LogP contribution is 2.20. The summed E-state index contributed by atoms with van der Waals surface area (Å²) in [5.41, 5.74) is 1.05. The SMILES string of the molecule is CC(C)(C)c1nc(CN(CCO)Cc2ccccc2)no1. The van der Waals surface area contributed by atoms with Crippen LogP contribution in [0.15, 0.2) is 34.9 Å². The molecule has 0 aliphatic heterocycles. The summed E-state index contributed by atoms with van der Waals surface area (Å²) in [4.78, 5) is 6.55. The van der Waals surface area contributed by atoms with E-state index in [1.54, 1.807) is 0 Å². The molecule has 0 atom stereocenters. The lowest BCUT2D eigenvalue weighted by Crippen LogP contribution is -2.26. The van der Waals surface area contributed by atoms with Crippen molar-refractivity contribution in [2.24, 2.45) is 0 Å². The Morgan fingerprint density at radius 3 is 2.43 bits per heavy atom. The maximum absolute atomic E-state index is 9.22. The molecule has 0 bridgehead atoms. The van der Waals surface area contributed by atoms with Gasteiger partial charge in [0.15, 0.2) is 5.82 Å². The zero-order chi connectivity index (χ0) is 15.3. The number of aliphatic hydroxyl groups is 1. The van der Waals surface area contributed by atoms with Crippen LogP contribution in [0.1, 0.15) is 38.0 Å². The quantitative estimate of drug-likeness (QED) is 0.884. The molecule has 2 aromatic rings. The predicted molar refractivity (Wildman–Crippen MR) is 80.6 cm³/mol. The van der Waals surface area contributed by atoms with Crippen LogP contribution in [0.2, 0.25) is 0 Å². The van der Waals surface area contributed by atoms with Crippen molar-refractivity contribution in [3.8, 4) is 0 Å². The molecule has 0 fully saturated rings. The Bertz CT molecular complexity index is 546. The van der Waals surface area contributed by atoms with Crippen LogP contribution in [0.4, 0.5) is 0 Å². The zero-order valence-electron chi connectivity index (χ0n) is 12.9. The molecule has 0 saturated heterocycles. The van der Waals surface area contributed by atoms with Crippen LogP contribution in [-0.4, -0.2) is 33.3 Å². The molecule has 0 radical (unpaired) electrons. The summed E-state index contributed by atoms with van der Waals surface area (Å²) in [5.74, 6) is 1.30. The topological polar surface area (TPSA) is 62.4 Å². The third-order valence-electron chi connectivity index (χ3n) is 3.14. The van der Waals surface area contributed by atoms with Crippen molar-refractivity contribution in [3.05, 3.63) is 47.6 Å². The van der Waals surface area contributed by atoms with Crippen molar-refractivity contribution < 1.29 is 9.63 Å².